The van der Waals surface area contributed by atoms with E-state index >= 15 is 0 Å². The lowest BCUT2D eigenvalue weighted by Crippen LogP contribution is -2.12. The minimum absolute atomic E-state index is 0.0611. The van der Waals surface area contributed by atoms with Gasteiger partial charge in [0.2, 0.25) is 0 Å². The lowest BCUT2D eigenvalue weighted by Gasteiger charge is -2.21. The summed E-state index contributed by atoms with van der Waals surface area (Å²) in [4.78, 5) is 22.1. The number of halogens is 1. The maximum atomic E-state index is 12.1. The Labute approximate surface area is 186 Å². The monoisotopic (exact) mass is 487 g/mol. The highest BCUT2D eigenvalue weighted by Gasteiger charge is 2.27. The van der Waals surface area contributed by atoms with Gasteiger partial charge in [-0.3, -0.25) is 4.99 Å². The molecule has 6 nitrogen and oxygen atoms in total. The van der Waals surface area contributed by atoms with Gasteiger partial charge in [-0.15, -0.1) is 11.3 Å². The first-order chi connectivity index (χ1) is 14.5. The standard InChI is InChI=1S/C22H22BrN3O3S/c1-12(24-10-11-27)25-19-18-17(13-6-8-14(23)9-7-13)15-4-2-3-5-16(15)26-21(18)30-20(19)22(28)29/h6-9,27H,2-5,10-11H2,1H3,(H,24,25)(H,28,29). The highest BCUT2D eigenvalue weighted by Crippen LogP contribution is 2.45. The number of aliphatic hydroxyl groups is 1. The van der Waals surface area contributed by atoms with Gasteiger partial charge in [-0.25, -0.2) is 9.78 Å². The van der Waals surface area contributed by atoms with E-state index in [9.17, 15) is 9.90 Å². The number of anilines is 1. The maximum absolute atomic E-state index is 12.1. The Morgan fingerprint density at radius 3 is 2.70 bits per heavy atom. The quantitative estimate of drug-likeness (QED) is 0.342. The van der Waals surface area contributed by atoms with Crippen LogP contribution in [0.1, 0.15) is 40.7 Å². The van der Waals surface area contributed by atoms with Crippen molar-refractivity contribution in [2.24, 2.45) is 4.99 Å². The van der Waals surface area contributed by atoms with E-state index in [4.69, 9.17) is 10.1 Å². The number of carboxylic acid groups (broad SMARTS) is 1. The molecule has 156 valence electrons. The summed E-state index contributed by atoms with van der Waals surface area (Å²) < 4.78 is 0.993. The van der Waals surface area contributed by atoms with Crippen LogP contribution >= 0.6 is 27.3 Å². The molecular weight excluding hydrogens is 466 g/mol. The third-order valence-electron chi connectivity index (χ3n) is 5.20. The Bertz CT molecular complexity index is 1140. The molecule has 1 aromatic carbocycles. The molecule has 3 N–H and O–H groups in total. The first-order valence-corrected chi connectivity index (χ1v) is 11.5. The van der Waals surface area contributed by atoms with Gasteiger partial charge in [-0.05, 0) is 61.4 Å². The summed E-state index contributed by atoms with van der Waals surface area (Å²) in [6.45, 7) is 1.97. The van der Waals surface area contributed by atoms with Gasteiger partial charge in [0.15, 0.2) is 0 Å². The molecule has 0 fully saturated rings. The average Bonchev–Trinajstić information content (AvgIpc) is 3.09. The summed E-state index contributed by atoms with van der Waals surface area (Å²) in [5.41, 5.74) is 4.91. The number of aliphatic imine (C=N–C) groups is 1. The van der Waals surface area contributed by atoms with Crippen molar-refractivity contribution in [1.82, 2.24) is 4.98 Å². The second-order valence-electron chi connectivity index (χ2n) is 7.23. The van der Waals surface area contributed by atoms with Gasteiger partial charge >= 0.3 is 5.97 Å². The molecule has 1 aliphatic carbocycles. The second-order valence-corrected chi connectivity index (χ2v) is 9.15. The number of nitrogens with one attached hydrogen (secondary N) is 1. The van der Waals surface area contributed by atoms with Crippen LogP contribution in [0.25, 0.3) is 21.3 Å². The summed E-state index contributed by atoms with van der Waals surface area (Å²) in [7, 11) is 0. The molecule has 2 aromatic heterocycles. The van der Waals surface area contributed by atoms with Crippen LogP contribution in [0.5, 0.6) is 0 Å². The molecule has 0 amide bonds. The van der Waals surface area contributed by atoms with E-state index in [1.54, 1.807) is 6.92 Å². The van der Waals surface area contributed by atoms with Crippen molar-refractivity contribution in [2.75, 3.05) is 18.5 Å². The SMILES string of the molecule is CC(=NCCO)Nc1c(C(=O)O)sc2nc3c(c(-c4ccc(Br)cc4)c12)CCCC3. The maximum Gasteiger partial charge on any atom is 0.348 e. The third-order valence-corrected chi connectivity index (χ3v) is 6.80. The van der Waals surface area contributed by atoms with Crippen molar-refractivity contribution in [2.45, 2.75) is 32.6 Å². The first-order valence-electron chi connectivity index (χ1n) is 9.86. The zero-order chi connectivity index (χ0) is 21.3. The number of aromatic carboxylic acids is 1. The minimum Gasteiger partial charge on any atom is -0.477 e. The lowest BCUT2D eigenvalue weighted by atomic mass is 9.87. The van der Waals surface area contributed by atoms with Gasteiger partial charge in [0.05, 0.1) is 24.7 Å². The molecule has 8 heteroatoms. The summed E-state index contributed by atoms with van der Waals surface area (Å²) >= 11 is 4.70. The van der Waals surface area contributed by atoms with E-state index in [0.717, 1.165) is 57.2 Å². The van der Waals surface area contributed by atoms with Gasteiger partial charge in [0, 0.05) is 15.6 Å². The number of aromatic nitrogens is 1. The van der Waals surface area contributed by atoms with E-state index in [0.29, 0.717) is 11.5 Å². The number of aliphatic hydroxyl groups excluding tert-OH is 1. The molecular formula is C22H22BrN3O3S. The Morgan fingerprint density at radius 1 is 1.27 bits per heavy atom. The van der Waals surface area contributed by atoms with Gasteiger partial charge in [0.25, 0.3) is 0 Å². The first kappa shape index (κ1) is 21.0. The van der Waals surface area contributed by atoms with Crippen LogP contribution in [0.4, 0.5) is 5.69 Å². The molecule has 0 unspecified atom stereocenters. The van der Waals surface area contributed by atoms with Crippen molar-refractivity contribution in [3.63, 3.8) is 0 Å². The fraction of sp³-hybridized carbons (Fsp3) is 0.318. The van der Waals surface area contributed by atoms with Crippen molar-refractivity contribution >= 4 is 55.0 Å². The van der Waals surface area contributed by atoms with Crippen LogP contribution in [-0.4, -0.2) is 40.2 Å². The van der Waals surface area contributed by atoms with E-state index in [-0.39, 0.29) is 18.0 Å². The van der Waals surface area contributed by atoms with Gasteiger partial charge in [-0.2, -0.15) is 0 Å². The number of carbonyl (C=O) groups is 1. The Balaban J connectivity index is 2.02. The van der Waals surface area contributed by atoms with Crippen LogP contribution in [-0.2, 0) is 12.8 Å². The Kier molecular flexibility index (Phi) is 6.17. The van der Waals surface area contributed by atoms with E-state index in [2.05, 4.69) is 38.4 Å². The summed E-state index contributed by atoms with van der Waals surface area (Å²) in [5.74, 6) is -0.430. The molecule has 0 aliphatic heterocycles. The van der Waals surface area contributed by atoms with Crippen molar-refractivity contribution in [3.8, 4) is 11.1 Å². The molecule has 0 saturated heterocycles. The topological polar surface area (TPSA) is 94.8 Å². The molecule has 0 radical (unpaired) electrons. The molecule has 4 rings (SSSR count). The fourth-order valence-electron chi connectivity index (χ4n) is 3.93. The van der Waals surface area contributed by atoms with Crippen LogP contribution in [0.2, 0.25) is 0 Å². The third kappa shape index (κ3) is 3.99. The Morgan fingerprint density at radius 2 is 2.00 bits per heavy atom. The predicted octanol–water partition coefficient (Wildman–Crippen LogP) is 5.13. The molecule has 0 atom stereocenters. The smallest absolute Gasteiger partial charge is 0.348 e. The molecule has 0 bridgehead atoms. The number of benzene rings is 1. The summed E-state index contributed by atoms with van der Waals surface area (Å²) in [6, 6.07) is 8.12. The Hall–Kier alpha value is -2.29. The second kappa shape index (κ2) is 8.83. The number of hydrogen-bond acceptors (Lipinski definition) is 5. The van der Waals surface area contributed by atoms with Crippen LogP contribution in [0.3, 0.4) is 0 Å². The molecule has 0 saturated carbocycles. The van der Waals surface area contributed by atoms with Crippen molar-refractivity contribution < 1.29 is 15.0 Å². The number of thiophene rings is 1. The van der Waals surface area contributed by atoms with Crippen molar-refractivity contribution in [3.05, 3.63) is 44.9 Å². The number of carboxylic acids is 1. The highest BCUT2D eigenvalue weighted by atomic mass is 79.9. The van der Waals surface area contributed by atoms with Crippen LogP contribution in [0.15, 0.2) is 33.7 Å². The van der Waals surface area contributed by atoms with E-state index in [1.165, 1.54) is 16.9 Å². The molecule has 1 aliphatic rings. The number of nitrogens with zero attached hydrogens (tertiary/aromatic N) is 2. The zero-order valence-electron chi connectivity index (χ0n) is 16.5. The van der Waals surface area contributed by atoms with Crippen molar-refractivity contribution in [1.29, 1.82) is 0 Å². The number of aryl methyl sites for hydroxylation is 1. The minimum atomic E-state index is -0.991. The largest absolute Gasteiger partial charge is 0.477 e. The lowest BCUT2D eigenvalue weighted by molar-refractivity contribution is 0.0703. The molecule has 0 spiro atoms. The van der Waals surface area contributed by atoms with Gasteiger partial charge in [-0.1, -0.05) is 28.1 Å². The molecule has 30 heavy (non-hydrogen) atoms. The highest BCUT2D eigenvalue weighted by molar-refractivity contribution is 9.10. The zero-order valence-corrected chi connectivity index (χ0v) is 18.9. The predicted molar refractivity (Wildman–Crippen MR) is 125 cm³/mol. The number of fused-ring (bicyclic) bond motifs is 2. The number of amidine groups is 1. The fourth-order valence-corrected chi connectivity index (χ4v) is 5.19. The van der Waals surface area contributed by atoms with Crippen LogP contribution in [0, 0.1) is 0 Å². The van der Waals surface area contributed by atoms with E-state index < -0.39 is 5.97 Å². The number of hydrogen-bond donors (Lipinski definition) is 3. The van der Waals surface area contributed by atoms with E-state index in [1.807, 2.05) is 12.1 Å². The molecule has 3 aromatic rings. The summed E-state index contributed by atoms with van der Waals surface area (Å²) in [6.07, 6.45) is 4.04. The van der Waals surface area contributed by atoms with Crippen LogP contribution < -0.4 is 5.32 Å². The van der Waals surface area contributed by atoms with Gasteiger partial charge in [0.1, 0.15) is 9.71 Å². The van der Waals surface area contributed by atoms with Gasteiger partial charge < -0.3 is 15.5 Å². The number of pyridine rings is 1. The average molecular weight is 488 g/mol. The molecule has 2 heterocycles. The number of rotatable bonds is 5. The normalized spacial score (nSPS) is 14.0. The summed E-state index contributed by atoms with van der Waals surface area (Å²) in [5, 5.41) is 23.0.